The van der Waals surface area contributed by atoms with Gasteiger partial charge in [-0.05, 0) is 91.6 Å². The largest absolute Gasteiger partial charge is 0.508 e. The number of fused-ring (bicyclic) bond motifs is 3. The van der Waals surface area contributed by atoms with Crippen molar-refractivity contribution in [3.63, 3.8) is 0 Å². The van der Waals surface area contributed by atoms with Gasteiger partial charge in [0.2, 0.25) is 5.78 Å². The molecule has 9 nitrogen and oxygen atoms in total. The van der Waals surface area contributed by atoms with Gasteiger partial charge in [-0.25, -0.2) is 0 Å². The number of phenols is 1. The number of amides is 1. The Hall–Kier alpha value is -3.95. The van der Waals surface area contributed by atoms with E-state index in [9.17, 15) is 34.8 Å². The molecule has 0 bridgehead atoms. The molecule has 6 N–H and O–H groups in total. The van der Waals surface area contributed by atoms with Crippen LogP contribution < -0.4 is 5.73 Å². The van der Waals surface area contributed by atoms with Crippen LogP contribution in [0.3, 0.4) is 0 Å². The molecule has 1 saturated carbocycles. The highest BCUT2D eigenvalue weighted by Gasteiger charge is 2.60. The molecule has 1 saturated heterocycles. The molecule has 0 unspecified atom stereocenters. The van der Waals surface area contributed by atoms with Crippen LogP contribution in [-0.4, -0.2) is 61.5 Å². The minimum atomic E-state index is -2.57. The van der Waals surface area contributed by atoms with Crippen LogP contribution in [0.4, 0.5) is 0 Å². The quantitative estimate of drug-likeness (QED) is 0.367. The van der Waals surface area contributed by atoms with Gasteiger partial charge in [0.05, 0.1) is 5.56 Å². The van der Waals surface area contributed by atoms with Crippen LogP contribution in [0, 0.1) is 18.8 Å². The molecule has 6 rings (SSSR count). The van der Waals surface area contributed by atoms with Gasteiger partial charge in [0, 0.05) is 24.5 Å². The summed E-state index contributed by atoms with van der Waals surface area (Å²) in [6.45, 7) is 4.97. The number of ketones is 2. The summed E-state index contributed by atoms with van der Waals surface area (Å²) in [5, 5.41) is 44.5. The zero-order chi connectivity index (χ0) is 28.5. The number of carbonyl (C=O) groups excluding carboxylic acids is 3. The molecular formula is C31H32N2O7. The lowest BCUT2D eigenvalue weighted by Crippen LogP contribution is -2.58. The number of aliphatic hydroxyl groups is 3. The molecule has 3 aliphatic carbocycles. The van der Waals surface area contributed by atoms with E-state index in [0.29, 0.717) is 5.56 Å². The summed E-state index contributed by atoms with van der Waals surface area (Å²) in [6, 6.07) is 9.60. The van der Waals surface area contributed by atoms with Gasteiger partial charge in [-0.1, -0.05) is 18.2 Å². The van der Waals surface area contributed by atoms with Gasteiger partial charge < -0.3 is 26.2 Å². The fourth-order valence-corrected chi connectivity index (χ4v) is 7.13. The Kier molecular flexibility index (Phi) is 6.12. The van der Waals surface area contributed by atoms with E-state index in [0.717, 1.165) is 41.9 Å². The summed E-state index contributed by atoms with van der Waals surface area (Å²) < 4.78 is 0. The van der Waals surface area contributed by atoms with Gasteiger partial charge in [0.15, 0.2) is 11.4 Å². The number of nitrogens with two attached hydrogens (primary N) is 1. The van der Waals surface area contributed by atoms with Gasteiger partial charge in [-0.3, -0.25) is 19.3 Å². The summed E-state index contributed by atoms with van der Waals surface area (Å²) in [7, 11) is 0. The molecular weight excluding hydrogens is 512 g/mol. The van der Waals surface area contributed by atoms with Crippen molar-refractivity contribution in [1.29, 1.82) is 0 Å². The molecule has 0 radical (unpaired) electrons. The number of rotatable bonds is 4. The van der Waals surface area contributed by atoms with Gasteiger partial charge in [0.1, 0.15) is 22.8 Å². The van der Waals surface area contributed by atoms with Crippen molar-refractivity contribution in [2.45, 2.75) is 51.2 Å². The Morgan fingerprint density at radius 1 is 1.05 bits per heavy atom. The maximum absolute atomic E-state index is 13.7. The molecule has 0 aromatic heterocycles. The van der Waals surface area contributed by atoms with Crippen molar-refractivity contribution in [3.8, 4) is 16.9 Å². The van der Waals surface area contributed by atoms with Crippen molar-refractivity contribution >= 4 is 23.2 Å². The lowest BCUT2D eigenvalue weighted by Gasteiger charge is -2.46. The molecule has 1 aliphatic heterocycles. The van der Waals surface area contributed by atoms with Crippen LogP contribution in [0.15, 0.2) is 47.2 Å². The van der Waals surface area contributed by atoms with Crippen molar-refractivity contribution in [2.24, 2.45) is 17.6 Å². The third-order valence-electron chi connectivity index (χ3n) is 9.14. The number of likely N-dealkylation sites (tertiary alicyclic amines) is 1. The number of aliphatic hydroxyl groups excluding tert-OH is 2. The highest BCUT2D eigenvalue weighted by molar-refractivity contribution is 6.22. The summed E-state index contributed by atoms with van der Waals surface area (Å²) >= 11 is 0. The highest BCUT2D eigenvalue weighted by Crippen LogP contribution is 2.53. The third kappa shape index (κ3) is 3.79. The SMILES string of the molecule is Cc1ccc(CN2CCCC2)cc1-c1ccc(O)c2c1C[C@H]1C[C@H]3CC(=O)C(C(N)=O)=C(O)[C@@]3(O)C(=O)C1=C2O. The molecule has 9 heteroatoms. The second-order valence-electron chi connectivity index (χ2n) is 11.5. The Balaban J connectivity index is 1.47. The third-order valence-corrected chi connectivity index (χ3v) is 9.14. The van der Waals surface area contributed by atoms with E-state index in [4.69, 9.17) is 5.73 Å². The van der Waals surface area contributed by atoms with Gasteiger partial charge in [0.25, 0.3) is 5.91 Å². The predicted octanol–water partition coefficient (Wildman–Crippen LogP) is 3.00. The second-order valence-corrected chi connectivity index (χ2v) is 11.5. The van der Waals surface area contributed by atoms with Crippen molar-refractivity contribution in [1.82, 2.24) is 4.90 Å². The van der Waals surface area contributed by atoms with Crippen molar-refractivity contribution in [2.75, 3.05) is 13.1 Å². The first kappa shape index (κ1) is 26.3. The van der Waals surface area contributed by atoms with E-state index < -0.39 is 52.0 Å². The summed E-state index contributed by atoms with van der Waals surface area (Å²) in [4.78, 5) is 40.6. The minimum absolute atomic E-state index is 0.103. The lowest BCUT2D eigenvalue weighted by atomic mass is 9.59. The Morgan fingerprint density at radius 2 is 1.77 bits per heavy atom. The fraction of sp³-hybridized carbons (Fsp3) is 0.387. The highest BCUT2D eigenvalue weighted by atomic mass is 16.3. The fourth-order valence-electron chi connectivity index (χ4n) is 7.13. The first-order valence-corrected chi connectivity index (χ1v) is 13.7. The number of hydrogen-bond acceptors (Lipinski definition) is 8. The average Bonchev–Trinajstić information content (AvgIpc) is 3.40. The summed E-state index contributed by atoms with van der Waals surface area (Å²) in [5.74, 6) is -6.29. The molecule has 4 aliphatic rings. The maximum Gasteiger partial charge on any atom is 0.255 e. The Morgan fingerprint density at radius 3 is 2.48 bits per heavy atom. The zero-order valence-corrected chi connectivity index (χ0v) is 22.2. The maximum atomic E-state index is 13.7. The van der Waals surface area contributed by atoms with E-state index in [1.165, 1.54) is 18.9 Å². The first-order valence-electron chi connectivity index (χ1n) is 13.7. The predicted molar refractivity (Wildman–Crippen MR) is 146 cm³/mol. The molecule has 208 valence electrons. The minimum Gasteiger partial charge on any atom is -0.508 e. The molecule has 2 aromatic rings. The number of aromatic hydroxyl groups is 1. The molecule has 1 heterocycles. The standard InChI is InChI=1S/C31H32N2O7/c1-15-4-5-16(14-33-8-2-3-9-33)10-20(15)19-6-7-22(34)25-21(19)12-17-11-18-13-23(35)26(30(32)39)29(38)31(18,40)28(37)24(17)27(25)36/h4-7,10,17-18,34,36,38,40H,2-3,8-9,11-14H2,1H3,(H2,32,39)/t17-,18+,31+/m1/s1. The average molecular weight is 545 g/mol. The topological polar surface area (TPSA) is 161 Å². The Bertz CT molecular complexity index is 1550. The molecule has 2 aromatic carbocycles. The number of aryl methyl sites for hydroxylation is 1. The van der Waals surface area contributed by atoms with Crippen molar-refractivity contribution in [3.05, 3.63) is 69.5 Å². The molecule has 2 fully saturated rings. The number of Topliss-reactive ketones (excluding diaryl/α,β-unsaturated/α-hetero) is 2. The van der Waals surface area contributed by atoms with Crippen LogP contribution in [0.5, 0.6) is 5.75 Å². The molecule has 3 atom stereocenters. The monoisotopic (exact) mass is 544 g/mol. The van der Waals surface area contributed by atoms with Gasteiger partial charge in [-0.15, -0.1) is 0 Å². The summed E-state index contributed by atoms with van der Waals surface area (Å²) in [5.41, 5.74) is 6.51. The lowest BCUT2D eigenvalue weighted by molar-refractivity contribution is -0.147. The molecule has 1 amide bonds. The summed E-state index contributed by atoms with van der Waals surface area (Å²) in [6.07, 6.45) is 2.42. The van der Waals surface area contributed by atoms with Crippen LogP contribution in [-0.2, 0) is 27.3 Å². The van der Waals surface area contributed by atoms with Crippen LogP contribution >= 0.6 is 0 Å². The van der Waals surface area contributed by atoms with Crippen LogP contribution in [0.25, 0.3) is 16.9 Å². The van der Waals surface area contributed by atoms with E-state index in [-0.39, 0.29) is 36.1 Å². The molecule has 40 heavy (non-hydrogen) atoms. The second kappa shape index (κ2) is 9.31. The van der Waals surface area contributed by atoms with Crippen LogP contribution in [0.2, 0.25) is 0 Å². The number of carbonyl (C=O) groups is 3. The number of nitrogens with zero attached hydrogens (tertiary/aromatic N) is 1. The Labute approximate surface area is 231 Å². The van der Waals surface area contributed by atoms with E-state index >= 15 is 0 Å². The number of benzene rings is 2. The molecule has 0 spiro atoms. The van der Waals surface area contributed by atoms with E-state index in [1.54, 1.807) is 0 Å². The first-order chi connectivity index (χ1) is 19.0. The number of phenolic OH excluding ortho intramolecular Hbond substituents is 1. The normalized spacial score (nSPS) is 26.6. The van der Waals surface area contributed by atoms with Gasteiger partial charge >= 0.3 is 0 Å². The van der Waals surface area contributed by atoms with E-state index in [2.05, 4.69) is 23.1 Å². The van der Waals surface area contributed by atoms with Crippen LogP contribution in [0.1, 0.15) is 47.9 Å². The van der Waals surface area contributed by atoms with Gasteiger partial charge in [-0.2, -0.15) is 0 Å². The van der Waals surface area contributed by atoms with Crippen molar-refractivity contribution < 1.29 is 34.8 Å². The smallest absolute Gasteiger partial charge is 0.255 e. The number of hydrogen-bond donors (Lipinski definition) is 5. The zero-order valence-electron chi connectivity index (χ0n) is 22.2. The number of primary amides is 1. The van der Waals surface area contributed by atoms with E-state index in [1.807, 2.05) is 13.0 Å².